The van der Waals surface area contributed by atoms with Crippen molar-refractivity contribution < 1.29 is 9.53 Å². The summed E-state index contributed by atoms with van der Waals surface area (Å²) in [6, 6.07) is 10.1. The first-order valence-corrected chi connectivity index (χ1v) is 8.24. The molecule has 1 saturated heterocycles. The van der Waals surface area contributed by atoms with Gasteiger partial charge in [-0.05, 0) is 38.5 Å². The number of benzene rings is 1. The molecule has 1 unspecified atom stereocenters. The minimum atomic E-state index is -0.482. The van der Waals surface area contributed by atoms with E-state index in [0.717, 1.165) is 17.8 Å². The van der Waals surface area contributed by atoms with Gasteiger partial charge in [0.1, 0.15) is 5.60 Å². The average Bonchev–Trinajstić information content (AvgIpc) is 3.08. The Labute approximate surface area is 142 Å². The molecule has 1 aromatic heterocycles. The summed E-state index contributed by atoms with van der Waals surface area (Å²) in [4.78, 5) is 14.1. The number of nitrogens with one attached hydrogen (secondary N) is 1. The smallest absolute Gasteiger partial charge is 0.410 e. The predicted octanol–water partition coefficient (Wildman–Crippen LogP) is 2.75. The second-order valence-electron chi connectivity index (χ2n) is 6.94. The predicted molar refractivity (Wildman–Crippen MR) is 92.1 cm³/mol. The van der Waals surface area contributed by atoms with Crippen LogP contribution in [0.5, 0.6) is 0 Å². The summed E-state index contributed by atoms with van der Waals surface area (Å²) in [6.07, 6.45) is 3.43. The number of piperazine rings is 1. The third-order valence-corrected chi connectivity index (χ3v) is 3.89. The lowest BCUT2D eigenvalue weighted by atomic mass is 10.0. The molecule has 0 aliphatic carbocycles. The zero-order valence-electron chi connectivity index (χ0n) is 14.4. The number of carbonyl (C=O) groups excluding carboxylic acids is 1. The van der Waals surface area contributed by atoms with Crippen molar-refractivity contribution in [3.63, 3.8) is 0 Å². The van der Waals surface area contributed by atoms with Gasteiger partial charge < -0.3 is 15.0 Å². The molecule has 2 heterocycles. The first-order chi connectivity index (χ1) is 11.4. The largest absolute Gasteiger partial charge is 0.444 e. The number of hydrogen-bond acceptors (Lipinski definition) is 4. The van der Waals surface area contributed by atoms with Gasteiger partial charge in [0.15, 0.2) is 0 Å². The summed E-state index contributed by atoms with van der Waals surface area (Å²) in [5.41, 5.74) is 1.66. The maximum absolute atomic E-state index is 12.4. The van der Waals surface area contributed by atoms with E-state index in [0.29, 0.717) is 13.1 Å². The molecule has 1 aromatic carbocycles. The molecule has 1 aliphatic heterocycles. The quantitative estimate of drug-likeness (QED) is 0.921. The highest BCUT2D eigenvalue weighted by Gasteiger charge is 2.29. The zero-order chi connectivity index (χ0) is 17.2. The molecule has 6 nitrogen and oxygen atoms in total. The van der Waals surface area contributed by atoms with Crippen molar-refractivity contribution in [3.05, 3.63) is 48.3 Å². The van der Waals surface area contributed by atoms with Crippen LogP contribution in [0.4, 0.5) is 4.79 Å². The second kappa shape index (κ2) is 6.65. The normalized spacial score (nSPS) is 18.5. The average molecular weight is 328 g/mol. The lowest BCUT2D eigenvalue weighted by Crippen LogP contribution is -2.49. The number of rotatable bonds is 2. The van der Waals surface area contributed by atoms with Crippen LogP contribution in [0.15, 0.2) is 42.7 Å². The molecule has 1 amide bonds. The highest BCUT2D eigenvalue weighted by atomic mass is 16.6. The highest BCUT2D eigenvalue weighted by Crippen LogP contribution is 2.24. The molecular weight excluding hydrogens is 304 g/mol. The van der Waals surface area contributed by atoms with Crippen LogP contribution in [0, 0.1) is 0 Å². The van der Waals surface area contributed by atoms with Gasteiger partial charge in [-0.2, -0.15) is 5.10 Å². The second-order valence-corrected chi connectivity index (χ2v) is 6.94. The maximum atomic E-state index is 12.4. The monoisotopic (exact) mass is 328 g/mol. The van der Waals surface area contributed by atoms with Gasteiger partial charge in [-0.1, -0.05) is 18.2 Å². The lowest BCUT2D eigenvalue weighted by molar-refractivity contribution is 0.0195. The van der Waals surface area contributed by atoms with E-state index in [1.54, 1.807) is 11.1 Å². The Morgan fingerprint density at radius 2 is 2.08 bits per heavy atom. The summed E-state index contributed by atoms with van der Waals surface area (Å²) >= 11 is 0. The molecule has 128 valence electrons. The van der Waals surface area contributed by atoms with E-state index in [-0.39, 0.29) is 12.1 Å². The van der Waals surface area contributed by atoms with Crippen LogP contribution in [0.25, 0.3) is 5.69 Å². The number of para-hydroxylation sites is 1. The third-order valence-electron chi connectivity index (χ3n) is 3.89. The minimum Gasteiger partial charge on any atom is -0.444 e. The Hall–Kier alpha value is -2.34. The van der Waals surface area contributed by atoms with Crippen LogP contribution < -0.4 is 5.32 Å². The minimum absolute atomic E-state index is 0.0478. The van der Waals surface area contributed by atoms with E-state index in [4.69, 9.17) is 4.74 Å². The van der Waals surface area contributed by atoms with E-state index in [9.17, 15) is 4.79 Å². The lowest BCUT2D eigenvalue weighted by Gasteiger charge is -2.35. The van der Waals surface area contributed by atoms with Gasteiger partial charge in [-0.3, -0.25) is 0 Å². The van der Waals surface area contributed by atoms with Crippen molar-refractivity contribution >= 4 is 6.09 Å². The van der Waals surface area contributed by atoms with E-state index in [1.165, 1.54) is 0 Å². The fourth-order valence-corrected chi connectivity index (χ4v) is 2.85. The Bertz CT molecular complexity index is 691. The van der Waals surface area contributed by atoms with Gasteiger partial charge >= 0.3 is 6.09 Å². The van der Waals surface area contributed by atoms with Crippen LogP contribution >= 0.6 is 0 Å². The molecule has 0 saturated carbocycles. The molecule has 0 bridgehead atoms. The number of carbonyl (C=O) groups is 1. The van der Waals surface area contributed by atoms with Crippen LogP contribution in [0.3, 0.4) is 0 Å². The number of amides is 1. The van der Waals surface area contributed by atoms with Gasteiger partial charge in [0.25, 0.3) is 0 Å². The van der Waals surface area contributed by atoms with Gasteiger partial charge in [-0.15, -0.1) is 0 Å². The number of aromatic nitrogens is 2. The molecule has 1 atom stereocenters. The van der Waals surface area contributed by atoms with Crippen molar-refractivity contribution in [1.29, 1.82) is 0 Å². The van der Waals surface area contributed by atoms with Crippen molar-refractivity contribution in [3.8, 4) is 5.69 Å². The SMILES string of the molecule is CC(C)(C)OC(=O)N1CCNC(c2ccccc2-n2cccn2)C1. The zero-order valence-corrected chi connectivity index (χ0v) is 14.4. The molecule has 1 N–H and O–H groups in total. The van der Waals surface area contributed by atoms with Crippen molar-refractivity contribution in [2.24, 2.45) is 0 Å². The van der Waals surface area contributed by atoms with Crippen LogP contribution in [-0.4, -0.2) is 46.0 Å². The summed E-state index contributed by atoms with van der Waals surface area (Å²) in [5, 5.41) is 7.82. The third kappa shape index (κ3) is 3.76. The molecule has 0 spiro atoms. The summed E-state index contributed by atoms with van der Waals surface area (Å²) in [5.74, 6) is 0. The van der Waals surface area contributed by atoms with Crippen molar-refractivity contribution in [2.75, 3.05) is 19.6 Å². The number of ether oxygens (including phenoxy) is 1. The molecule has 2 aromatic rings. The van der Waals surface area contributed by atoms with E-state index >= 15 is 0 Å². The van der Waals surface area contributed by atoms with Crippen LogP contribution in [-0.2, 0) is 4.74 Å². The molecule has 0 radical (unpaired) electrons. The standard InChI is InChI=1S/C18H24N4O2/c1-18(2,3)24-17(23)21-12-10-19-15(13-21)14-7-4-5-8-16(14)22-11-6-9-20-22/h4-9,11,15,19H,10,12-13H2,1-3H3. The van der Waals surface area contributed by atoms with Gasteiger partial charge in [-0.25, -0.2) is 9.48 Å². The highest BCUT2D eigenvalue weighted by molar-refractivity contribution is 5.68. The number of nitrogens with zero attached hydrogens (tertiary/aromatic N) is 3. The summed E-state index contributed by atoms with van der Waals surface area (Å²) in [7, 11) is 0. The van der Waals surface area contributed by atoms with E-state index in [2.05, 4.69) is 16.5 Å². The molecule has 3 rings (SSSR count). The maximum Gasteiger partial charge on any atom is 0.410 e. The molecule has 1 aliphatic rings. The van der Waals surface area contributed by atoms with Crippen molar-refractivity contribution in [2.45, 2.75) is 32.4 Å². The van der Waals surface area contributed by atoms with Gasteiger partial charge in [0, 0.05) is 32.0 Å². The fourth-order valence-electron chi connectivity index (χ4n) is 2.85. The fraction of sp³-hybridized carbons (Fsp3) is 0.444. The molecule has 6 heteroatoms. The first kappa shape index (κ1) is 16.5. The molecule has 1 fully saturated rings. The Balaban J connectivity index is 1.80. The topological polar surface area (TPSA) is 59.4 Å². The van der Waals surface area contributed by atoms with Gasteiger partial charge in [0.05, 0.1) is 11.7 Å². The van der Waals surface area contributed by atoms with Crippen molar-refractivity contribution in [1.82, 2.24) is 20.0 Å². The van der Waals surface area contributed by atoms with Gasteiger partial charge in [0.2, 0.25) is 0 Å². The van der Waals surface area contributed by atoms with Crippen LogP contribution in [0.1, 0.15) is 32.4 Å². The van der Waals surface area contributed by atoms with E-state index < -0.39 is 5.60 Å². The first-order valence-electron chi connectivity index (χ1n) is 8.24. The Kier molecular flexibility index (Phi) is 4.57. The molecule has 24 heavy (non-hydrogen) atoms. The Morgan fingerprint density at radius 3 is 2.79 bits per heavy atom. The summed E-state index contributed by atoms with van der Waals surface area (Å²) in [6.45, 7) is 7.62. The van der Waals surface area contributed by atoms with E-state index in [1.807, 2.05) is 55.9 Å². The van der Waals surface area contributed by atoms with Crippen LogP contribution in [0.2, 0.25) is 0 Å². The Morgan fingerprint density at radius 1 is 1.29 bits per heavy atom. The molecular formula is C18H24N4O2. The number of hydrogen-bond donors (Lipinski definition) is 1. The summed E-state index contributed by atoms with van der Waals surface area (Å²) < 4.78 is 7.36.